The Bertz CT molecular complexity index is 4490. The predicted octanol–water partition coefficient (Wildman–Crippen LogP) is 16.0. The summed E-state index contributed by atoms with van der Waals surface area (Å²) in [6.45, 7) is 2.63. The smallest absolute Gasteiger partial charge is 0.337 e. The maximum absolute atomic E-state index is 12.2. The fourth-order valence-electron chi connectivity index (χ4n) is 10.1. The summed E-state index contributed by atoms with van der Waals surface area (Å²) in [7, 11) is 2.69. The topological polar surface area (TPSA) is 173 Å². The fourth-order valence-corrected chi connectivity index (χ4v) is 10.1. The highest BCUT2D eigenvalue weighted by Gasteiger charge is 2.22. The van der Waals surface area contributed by atoms with E-state index in [1.165, 1.54) is 14.2 Å². The molecule has 5 heterocycles. The number of hydrogen-bond donors (Lipinski definition) is 2. The molecule has 8 aromatic carbocycles. The van der Waals surface area contributed by atoms with Crippen LogP contribution in [0.2, 0.25) is 0 Å². The molecule has 0 spiro atoms. The molecule has 11 aromatic rings. The Hall–Kier alpha value is -11.0. The lowest BCUT2D eigenvalue weighted by atomic mass is 10.0. The van der Waals surface area contributed by atoms with Crippen molar-refractivity contribution in [1.82, 2.24) is 19.9 Å². The normalized spacial score (nSPS) is 11.3. The zero-order chi connectivity index (χ0) is 55.1. The van der Waals surface area contributed by atoms with Crippen LogP contribution in [-0.2, 0) is 25.6 Å². The number of benzene rings is 8. The number of fused-ring (bicyclic) bond motifs is 20. The first kappa shape index (κ1) is 49.6. The largest absolute Gasteiger partial charge is 0.465 e. The molecule has 0 saturated carbocycles. The van der Waals surface area contributed by atoms with Crippen LogP contribution in [0.3, 0.4) is 0 Å². The molecule has 2 aliphatic rings. The highest BCUT2D eigenvalue weighted by Crippen LogP contribution is 2.44. The van der Waals surface area contributed by atoms with E-state index in [-0.39, 0.29) is 6.61 Å². The molecule has 81 heavy (non-hydrogen) atoms. The van der Waals surface area contributed by atoms with Gasteiger partial charge in [-0.25, -0.2) is 19.6 Å². The lowest BCUT2D eigenvalue weighted by Gasteiger charge is -2.09. The average Bonchev–Trinajstić information content (AvgIpc) is 4.30. The number of carbonyl (C=O) groups excluding carboxylic acids is 3. The van der Waals surface area contributed by atoms with E-state index in [9.17, 15) is 14.4 Å². The lowest BCUT2D eigenvalue weighted by Crippen LogP contribution is -2.00. The van der Waals surface area contributed by atoms with E-state index in [0.29, 0.717) is 86.4 Å². The Morgan fingerprint density at radius 3 is 1.15 bits per heavy atom. The standard InChI is InChI=1S/C67H46N4O10/c1-38-4-12-42(13-5-38)78-46-20-24-50-54(28-46)62-32-60-52-26-22-48(80-44-16-8-40(9-17-44)66(73)75-2)30-56(52)65(70-60)35-61-53-27-23-49(81-45-18-10-41(11-19-45)67(74)76-3)31-57(53)64(71-61)34-59-51-25-21-47(29-55(51)63(69-59)33-58(50)68-62)79-43-14-6-39(7-15-43)36-77-37-72/h4-35,37,68,71H,36H2,1-3H3. The second-order valence-electron chi connectivity index (χ2n) is 19.4. The molecule has 0 fully saturated rings. The van der Waals surface area contributed by atoms with E-state index in [1.807, 2.05) is 134 Å². The lowest BCUT2D eigenvalue weighted by molar-refractivity contribution is -0.129. The first-order chi connectivity index (χ1) is 39.6. The predicted molar refractivity (Wildman–Crippen MR) is 309 cm³/mol. The first-order valence-corrected chi connectivity index (χ1v) is 25.8. The van der Waals surface area contributed by atoms with Gasteiger partial charge in [0.25, 0.3) is 6.47 Å². The molecule has 8 bridgehead atoms. The van der Waals surface area contributed by atoms with Crippen molar-refractivity contribution in [3.8, 4) is 91.0 Å². The number of aromatic amines is 2. The minimum absolute atomic E-state index is 0.160. The van der Waals surface area contributed by atoms with Crippen molar-refractivity contribution in [3.63, 3.8) is 0 Å². The van der Waals surface area contributed by atoms with E-state index in [2.05, 4.69) is 28.2 Å². The third-order valence-corrected chi connectivity index (χ3v) is 14.1. The molecule has 14 nitrogen and oxygen atoms in total. The van der Waals surface area contributed by atoms with Gasteiger partial charge in [0.05, 0.1) is 48.1 Å². The second-order valence-corrected chi connectivity index (χ2v) is 19.4. The van der Waals surface area contributed by atoms with Gasteiger partial charge in [-0.2, -0.15) is 0 Å². The number of carbonyl (C=O) groups is 3. The van der Waals surface area contributed by atoms with Crippen LogP contribution < -0.4 is 18.9 Å². The minimum Gasteiger partial charge on any atom is -0.465 e. The Labute approximate surface area is 462 Å². The number of methoxy groups -OCH3 is 2. The summed E-state index contributed by atoms with van der Waals surface area (Å²) in [5, 5.41) is 3.57. The molecule has 13 rings (SSSR count). The summed E-state index contributed by atoms with van der Waals surface area (Å²) in [5.74, 6) is 3.91. The van der Waals surface area contributed by atoms with Crippen molar-refractivity contribution in [2.75, 3.05) is 14.2 Å². The van der Waals surface area contributed by atoms with Crippen LogP contribution in [0.25, 0.3) is 88.6 Å². The number of hydrogen-bond acceptors (Lipinski definition) is 12. The number of aromatic nitrogens is 4. The molecule has 0 atom stereocenters. The van der Waals surface area contributed by atoms with Crippen LogP contribution in [0, 0.1) is 6.92 Å². The molecule has 394 valence electrons. The zero-order valence-corrected chi connectivity index (χ0v) is 43.7. The summed E-state index contributed by atoms with van der Waals surface area (Å²) in [6, 6.07) is 60.9. The Morgan fingerprint density at radius 2 is 0.741 bits per heavy atom. The maximum atomic E-state index is 12.2. The molecule has 14 heteroatoms. The van der Waals surface area contributed by atoms with Gasteiger partial charge in [0, 0.05) is 65.9 Å². The molecule has 0 unspecified atom stereocenters. The number of nitrogens with zero attached hydrogens (tertiary/aromatic N) is 2. The summed E-state index contributed by atoms with van der Waals surface area (Å²) >= 11 is 0. The number of ether oxygens (including phenoxy) is 7. The molecule has 3 aromatic heterocycles. The molecule has 0 radical (unpaired) electrons. The average molecular weight is 1070 g/mol. The third kappa shape index (κ3) is 9.89. The zero-order valence-electron chi connectivity index (χ0n) is 43.7. The van der Waals surface area contributed by atoms with Crippen LogP contribution in [0.15, 0.2) is 194 Å². The highest BCUT2D eigenvalue weighted by molar-refractivity contribution is 6.11. The van der Waals surface area contributed by atoms with Gasteiger partial charge >= 0.3 is 11.9 Å². The van der Waals surface area contributed by atoms with Crippen LogP contribution in [0.1, 0.15) is 31.8 Å². The van der Waals surface area contributed by atoms with Crippen molar-refractivity contribution in [1.29, 1.82) is 0 Å². The molecule has 2 aliphatic heterocycles. The summed E-state index contributed by atoms with van der Waals surface area (Å²) < 4.78 is 40.6. The first-order valence-electron chi connectivity index (χ1n) is 25.8. The molecule has 0 saturated heterocycles. The summed E-state index contributed by atoms with van der Waals surface area (Å²) in [5.41, 5.74) is 12.1. The second kappa shape index (κ2) is 20.8. The van der Waals surface area contributed by atoms with Gasteiger partial charge in [-0.3, -0.25) is 4.79 Å². The van der Waals surface area contributed by atoms with Crippen LogP contribution >= 0.6 is 0 Å². The molecular weight excluding hydrogens is 1020 g/mol. The van der Waals surface area contributed by atoms with Gasteiger partial charge in [-0.1, -0.05) is 29.8 Å². The van der Waals surface area contributed by atoms with E-state index in [0.717, 1.165) is 77.0 Å². The Morgan fingerprint density at radius 1 is 0.395 bits per heavy atom. The van der Waals surface area contributed by atoms with Crippen molar-refractivity contribution in [2.45, 2.75) is 13.5 Å². The fraction of sp³-hybridized carbons (Fsp3) is 0.0597. The van der Waals surface area contributed by atoms with E-state index < -0.39 is 11.9 Å². The van der Waals surface area contributed by atoms with Crippen molar-refractivity contribution < 1.29 is 47.5 Å². The monoisotopic (exact) mass is 1070 g/mol. The maximum Gasteiger partial charge on any atom is 0.337 e. The highest BCUT2D eigenvalue weighted by atomic mass is 16.5. The van der Waals surface area contributed by atoms with Gasteiger partial charge in [0.2, 0.25) is 0 Å². The van der Waals surface area contributed by atoms with Crippen LogP contribution in [-0.4, -0.2) is 52.6 Å². The Kier molecular flexibility index (Phi) is 12.7. The van der Waals surface area contributed by atoms with Gasteiger partial charge in [-0.15, -0.1) is 0 Å². The number of H-pyrrole nitrogens is 2. The minimum atomic E-state index is -0.440. The van der Waals surface area contributed by atoms with Gasteiger partial charge in [0.15, 0.2) is 0 Å². The molecular formula is C67H46N4O10. The van der Waals surface area contributed by atoms with Crippen molar-refractivity contribution in [3.05, 3.63) is 216 Å². The SMILES string of the molecule is COC(=O)c1ccc(Oc2ccc3c(c2)-c2cc4[nH]c(cc5nc(cc6[nH]c(cc-3n2)c2cc(Oc3ccc(C)cc3)ccc62)-c2cc(Oc3ccc(COC=O)cc3)ccc2-5)c2cc(Oc3ccc(C(=O)OC)cc3)ccc42)cc1. The number of esters is 2. The number of rotatable bonds is 13. The summed E-state index contributed by atoms with van der Waals surface area (Å²) in [6.07, 6.45) is 0. The third-order valence-electron chi connectivity index (χ3n) is 14.1. The van der Waals surface area contributed by atoms with Gasteiger partial charge in [-0.05, 0) is 182 Å². The van der Waals surface area contributed by atoms with Crippen LogP contribution in [0.4, 0.5) is 0 Å². The van der Waals surface area contributed by atoms with Crippen molar-refractivity contribution >= 4 is 62.0 Å². The molecule has 0 amide bonds. The van der Waals surface area contributed by atoms with E-state index >= 15 is 0 Å². The molecule has 0 aliphatic carbocycles. The van der Waals surface area contributed by atoms with Crippen molar-refractivity contribution in [2.24, 2.45) is 0 Å². The number of aryl methyl sites for hydroxylation is 1. The van der Waals surface area contributed by atoms with E-state index in [1.54, 1.807) is 48.5 Å². The van der Waals surface area contributed by atoms with E-state index in [4.69, 9.17) is 43.1 Å². The quantitative estimate of drug-likeness (QED) is 0.0636. The number of nitrogens with one attached hydrogen (secondary N) is 2. The van der Waals surface area contributed by atoms with Gasteiger partial charge in [0.1, 0.15) is 52.6 Å². The Balaban J connectivity index is 1.02. The summed E-state index contributed by atoms with van der Waals surface area (Å²) in [4.78, 5) is 53.6. The molecule has 2 N–H and O–H groups in total. The van der Waals surface area contributed by atoms with Crippen LogP contribution in [0.5, 0.6) is 46.0 Å². The van der Waals surface area contributed by atoms with Gasteiger partial charge < -0.3 is 43.1 Å².